The molecule has 1 amide bonds. The summed E-state index contributed by atoms with van der Waals surface area (Å²) in [5.41, 5.74) is 2.66. The van der Waals surface area contributed by atoms with Crippen LogP contribution >= 0.6 is 0 Å². The van der Waals surface area contributed by atoms with Crippen LogP contribution in [-0.2, 0) is 20.7 Å². The highest BCUT2D eigenvalue weighted by Gasteiger charge is 2.29. The number of halogens is 1. The second-order valence-electron chi connectivity index (χ2n) is 11.1. The Kier molecular flexibility index (Phi) is 10.6. The number of benzene rings is 4. The van der Waals surface area contributed by atoms with Crippen LogP contribution in [0.4, 0.5) is 15.8 Å². The van der Waals surface area contributed by atoms with Crippen molar-refractivity contribution in [2.75, 3.05) is 30.5 Å². The Bertz CT molecular complexity index is 1600. The van der Waals surface area contributed by atoms with E-state index >= 15 is 0 Å². The van der Waals surface area contributed by atoms with Gasteiger partial charge in [0.25, 0.3) is 0 Å². The highest BCUT2D eigenvalue weighted by atomic mass is 19.1. The lowest BCUT2D eigenvalue weighted by Crippen LogP contribution is -2.38. The predicted octanol–water partition coefficient (Wildman–Crippen LogP) is 6.86. The van der Waals surface area contributed by atoms with Gasteiger partial charge in [-0.1, -0.05) is 79.6 Å². The number of amides is 1. The van der Waals surface area contributed by atoms with Gasteiger partial charge in [-0.25, -0.2) is 9.18 Å². The largest absolute Gasteiger partial charge is 0.492 e. The van der Waals surface area contributed by atoms with E-state index in [1.165, 1.54) is 18.1 Å². The number of hydrogen-bond acceptors (Lipinski definition) is 6. The zero-order valence-corrected chi connectivity index (χ0v) is 25.3. The van der Waals surface area contributed by atoms with Gasteiger partial charge in [0.2, 0.25) is 5.91 Å². The molecule has 7 nitrogen and oxygen atoms in total. The Morgan fingerprint density at radius 1 is 0.867 bits per heavy atom. The number of nitrogens with one attached hydrogen (secondary N) is 1. The third kappa shape index (κ3) is 7.95. The van der Waals surface area contributed by atoms with E-state index < -0.39 is 17.8 Å². The van der Waals surface area contributed by atoms with Gasteiger partial charge < -0.3 is 19.7 Å². The predicted molar refractivity (Wildman–Crippen MR) is 172 cm³/mol. The minimum atomic E-state index is -0.748. The van der Waals surface area contributed by atoms with Gasteiger partial charge >= 0.3 is 5.97 Å². The van der Waals surface area contributed by atoms with E-state index in [0.717, 1.165) is 31.2 Å². The first kappa shape index (κ1) is 31.4. The molecule has 1 aliphatic carbocycles. The molecule has 0 spiro atoms. The Balaban J connectivity index is 1.23. The Morgan fingerprint density at radius 2 is 1.53 bits per heavy atom. The number of carbonyl (C=O) groups excluding carboxylic acids is 3. The summed E-state index contributed by atoms with van der Waals surface area (Å²) in [5.74, 6) is -0.621. The summed E-state index contributed by atoms with van der Waals surface area (Å²) in [6.45, 7) is 0.401. The number of nitrogens with zero attached hydrogens (tertiary/aromatic N) is 1. The van der Waals surface area contributed by atoms with Crippen LogP contribution < -0.4 is 15.0 Å². The zero-order valence-electron chi connectivity index (χ0n) is 25.3. The van der Waals surface area contributed by atoms with Crippen molar-refractivity contribution >= 4 is 29.0 Å². The molecule has 4 aromatic rings. The van der Waals surface area contributed by atoms with Gasteiger partial charge in [0.1, 0.15) is 24.2 Å². The van der Waals surface area contributed by atoms with E-state index in [0.29, 0.717) is 29.0 Å². The number of carbonyl (C=O) groups is 3. The molecule has 0 aliphatic heterocycles. The fraction of sp³-hybridized carbons (Fsp3) is 0.270. The Labute approximate surface area is 263 Å². The van der Waals surface area contributed by atoms with E-state index in [-0.39, 0.29) is 36.4 Å². The SMILES string of the molecule is COC(=O)C(Cc1ccc(OCCN(C(=O)C2CCCC2)c2ccccc2F)cc1)Nc1ccccc1C(=O)c1ccccc1. The van der Waals surface area contributed by atoms with Gasteiger partial charge in [0.05, 0.1) is 19.3 Å². The maximum atomic E-state index is 14.7. The summed E-state index contributed by atoms with van der Waals surface area (Å²) < 4.78 is 25.7. The molecule has 1 saturated carbocycles. The standard InChI is InChI=1S/C37H37FN2O5/c1-44-37(43)33(39-32-17-9-7-15-30(32)35(41)27-11-3-2-4-12-27)25-26-19-21-29(22-20-26)45-24-23-40(34-18-10-8-16-31(34)38)36(42)28-13-5-6-14-28/h2-4,7-12,15-22,28,33,39H,5-6,13-14,23-25H2,1H3. The minimum Gasteiger partial charge on any atom is -0.492 e. The van der Waals surface area contributed by atoms with Crippen LogP contribution in [0.25, 0.3) is 0 Å². The summed E-state index contributed by atoms with van der Waals surface area (Å²) in [5, 5.41) is 3.22. The summed E-state index contributed by atoms with van der Waals surface area (Å²) in [4.78, 5) is 40.8. The quantitative estimate of drug-likeness (QED) is 0.132. The number of hydrogen-bond donors (Lipinski definition) is 1. The number of rotatable bonds is 13. The summed E-state index contributed by atoms with van der Waals surface area (Å²) >= 11 is 0. The summed E-state index contributed by atoms with van der Waals surface area (Å²) in [7, 11) is 1.33. The van der Waals surface area contributed by atoms with Crippen LogP contribution in [0.1, 0.15) is 47.2 Å². The third-order valence-corrected chi connectivity index (χ3v) is 8.08. The molecule has 45 heavy (non-hydrogen) atoms. The average molecular weight is 609 g/mol. The van der Waals surface area contributed by atoms with Crippen LogP contribution in [0.3, 0.4) is 0 Å². The first-order valence-electron chi connectivity index (χ1n) is 15.3. The van der Waals surface area contributed by atoms with E-state index in [1.54, 1.807) is 66.7 Å². The Morgan fingerprint density at radius 3 is 2.24 bits per heavy atom. The molecule has 1 unspecified atom stereocenters. The molecule has 1 fully saturated rings. The molecule has 0 bridgehead atoms. The monoisotopic (exact) mass is 608 g/mol. The number of methoxy groups -OCH3 is 1. The van der Waals surface area contributed by atoms with Crippen LogP contribution in [0.15, 0.2) is 103 Å². The zero-order chi connectivity index (χ0) is 31.6. The van der Waals surface area contributed by atoms with Gasteiger partial charge in [-0.05, 0) is 54.8 Å². The van der Waals surface area contributed by atoms with Gasteiger partial charge in [0, 0.05) is 29.2 Å². The van der Waals surface area contributed by atoms with Crippen molar-refractivity contribution in [1.82, 2.24) is 0 Å². The fourth-order valence-electron chi connectivity index (χ4n) is 5.70. The Hall–Kier alpha value is -4.98. The van der Waals surface area contributed by atoms with Gasteiger partial charge in [-0.15, -0.1) is 0 Å². The number of anilines is 2. The minimum absolute atomic E-state index is 0.0649. The van der Waals surface area contributed by atoms with Crippen LogP contribution in [0, 0.1) is 11.7 Å². The van der Waals surface area contributed by atoms with Crippen molar-refractivity contribution in [3.63, 3.8) is 0 Å². The highest BCUT2D eigenvalue weighted by molar-refractivity contribution is 6.12. The van der Waals surface area contributed by atoms with Crippen molar-refractivity contribution < 1.29 is 28.2 Å². The van der Waals surface area contributed by atoms with Crippen molar-refractivity contribution in [3.8, 4) is 5.75 Å². The van der Waals surface area contributed by atoms with Crippen LogP contribution in [0.5, 0.6) is 5.75 Å². The third-order valence-electron chi connectivity index (χ3n) is 8.08. The second-order valence-corrected chi connectivity index (χ2v) is 11.1. The molecular weight excluding hydrogens is 571 g/mol. The first-order chi connectivity index (χ1) is 21.9. The molecule has 1 atom stereocenters. The van der Waals surface area contributed by atoms with Gasteiger partial charge in [-0.3, -0.25) is 9.59 Å². The highest BCUT2D eigenvalue weighted by Crippen LogP contribution is 2.30. The average Bonchev–Trinajstić information content (AvgIpc) is 3.63. The summed E-state index contributed by atoms with van der Waals surface area (Å²) in [6.07, 6.45) is 3.97. The second kappa shape index (κ2) is 15.1. The van der Waals surface area contributed by atoms with Crippen molar-refractivity contribution in [2.45, 2.75) is 38.1 Å². The molecular formula is C37H37FN2O5. The van der Waals surface area contributed by atoms with Gasteiger partial charge in [0.15, 0.2) is 5.78 Å². The molecule has 232 valence electrons. The summed E-state index contributed by atoms with van der Waals surface area (Å²) in [6, 6.07) is 28.9. The molecule has 1 aliphatic rings. The molecule has 8 heteroatoms. The lowest BCUT2D eigenvalue weighted by Gasteiger charge is -2.26. The smallest absolute Gasteiger partial charge is 0.328 e. The molecule has 0 heterocycles. The van der Waals surface area contributed by atoms with E-state index in [4.69, 9.17) is 9.47 Å². The molecule has 0 saturated heterocycles. The maximum Gasteiger partial charge on any atom is 0.328 e. The number of esters is 1. The van der Waals surface area contributed by atoms with Crippen molar-refractivity contribution in [2.24, 2.45) is 5.92 Å². The normalized spacial score (nSPS) is 13.6. The topological polar surface area (TPSA) is 84.9 Å². The molecule has 5 rings (SSSR count). The molecule has 0 radical (unpaired) electrons. The molecule has 1 N–H and O–H groups in total. The molecule has 0 aromatic heterocycles. The lowest BCUT2D eigenvalue weighted by molar-refractivity contribution is -0.141. The first-order valence-corrected chi connectivity index (χ1v) is 15.3. The van der Waals surface area contributed by atoms with Crippen LogP contribution in [0.2, 0.25) is 0 Å². The number of ketones is 1. The van der Waals surface area contributed by atoms with E-state index in [2.05, 4.69) is 5.32 Å². The number of ether oxygens (including phenoxy) is 2. The van der Waals surface area contributed by atoms with E-state index in [9.17, 15) is 18.8 Å². The van der Waals surface area contributed by atoms with E-state index in [1.807, 2.05) is 30.3 Å². The maximum absolute atomic E-state index is 14.7. The van der Waals surface area contributed by atoms with Crippen molar-refractivity contribution in [3.05, 3.63) is 126 Å². The van der Waals surface area contributed by atoms with Crippen molar-refractivity contribution in [1.29, 1.82) is 0 Å². The van der Waals surface area contributed by atoms with Crippen LogP contribution in [-0.4, -0.2) is 44.0 Å². The van der Waals surface area contributed by atoms with Gasteiger partial charge in [-0.2, -0.15) is 0 Å². The lowest BCUT2D eigenvalue weighted by atomic mass is 10.00. The fourth-order valence-corrected chi connectivity index (χ4v) is 5.70. The molecule has 4 aromatic carbocycles. The number of para-hydroxylation sites is 2.